The lowest BCUT2D eigenvalue weighted by Gasteiger charge is -2.00. The third-order valence-electron chi connectivity index (χ3n) is 2.87. The molecule has 0 amide bonds. The summed E-state index contributed by atoms with van der Waals surface area (Å²) in [6, 6.07) is 2.12. The van der Waals surface area contributed by atoms with Gasteiger partial charge in [0, 0.05) is 25.4 Å². The van der Waals surface area contributed by atoms with Crippen LogP contribution in [0.25, 0.3) is 0 Å². The summed E-state index contributed by atoms with van der Waals surface area (Å²) in [6.45, 7) is 6.88. The molecule has 2 aromatic rings. The van der Waals surface area contributed by atoms with Gasteiger partial charge in [0.05, 0.1) is 0 Å². The van der Waals surface area contributed by atoms with Gasteiger partial charge in [-0.3, -0.25) is 0 Å². The van der Waals surface area contributed by atoms with Crippen LogP contribution < -0.4 is 5.32 Å². The van der Waals surface area contributed by atoms with E-state index in [0.29, 0.717) is 12.4 Å². The van der Waals surface area contributed by atoms with E-state index >= 15 is 0 Å². The highest BCUT2D eigenvalue weighted by molar-refractivity contribution is 5.10. The minimum Gasteiger partial charge on any atom is -0.345 e. The summed E-state index contributed by atoms with van der Waals surface area (Å²) in [5.74, 6) is 1.47. The van der Waals surface area contributed by atoms with Gasteiger partial charge in [-0.25, -0.2) is 0 Å². The van der Waals surface area contributed by atoms with Crippen molar-refractivity contribution in [2.75, 3.05) is 6.54 Å². The van der Waals surface area contributed by atoms with Crippen LogP contribution in [-0.4, -0.2) is 21.3 Å². The molecule has 5 heteroatoms. The second-order valence-corrected chi connectivity index (χ2v) is 4.72. The average molecular weight is 262 g/mol. The smallest absolute Gasteiger partial charge is 0.246 e. The normalized spacial score (nSPS) is 11.1. The molecule has 19 heavy (non-hydrogen) atoms. The number of aromatic nitrogens is 3. The molecule has 0 radical (unpaired) electrons. The molecule has 0 fully saturated rings. The van der Waals surface area contributed by atoms with E-state index in [1.54, 1.807) is 0 Å². The van der Waals surface area contributed by atoms with E-state index < -0.39 is 0 Å². The van der Waals surface area contributed by atoms with Crippen LogP contribution in [0.1, 0.15) is 44.0 Å². The molecule has 0 bridgehead atoms. The largest absolute Gasteiger partial charge is 0.345 e. The predicted molar refractivity (Wildman–Crippen MR) is 73.8 cm³/mol. The van der Waals surface area contributed by atoms with Gasteiger partial charge in [0.2, 0.25) is 5.89 Å². The van der Waals surface area contributed by atoms with Crippen molar-refractivity contribution in [2.24, 2.45) is 0 Å². The quantitative estimate of drug-likeness (QED) is 0.742. The third kappa shape index (κ3) is 4.21. The molecule has 0 aromatic carbocycles. The fraction of sp³-hybridized carbons (Fsp3) is 0.571. The molecule has 2 heterocycles. The lowest BCUT2D eigenvalue weighted by atomic mass is 10.3. The third-order valence-corrected chi connectivity index (χ3v) is 2.87. The molecule has 2 rings (SSSR count). The Kier molecular flexibility index (Phi) is 5.15. The second-order valence-electron chi connectivity index (χ2n) is 4.72. The van der Waals surface area contributed by atoms with Crippen molar-refractivity contribution < 1.29 is 4.52 Å². The topological polar surface area (TPSA) is 55.9 Å². The van der Waals surface area contributed by atoms with E-state index in [2.05, 4.69) is 46.1 Å². The van der Waals surface area contributed by atoms with Gasteiger partial charge in [-0.15, -0.1) is 0 Å². The van der Waals surface area contributed by atoms with Crippen LogP contribution in [0.15, 0.2) is 23.0 Å². The predicted octanol–water partition coefficient (Wildman–Crippen LogP) is 2.37. The Morgan fingerprint density at radius 1 is 1.32 bits per heavy atom. The summed E-state index contributed by atoms with van der Waals surface area (Å²) < 4.78 is 7.31. The summed E-state index contributed by atoms with van der Waals surface area (Å²) >= 11 is 0. The van der Waals surface area contributed by atoms with E-state index in [1.807, 2.05) is 6.20 Å². The lowest BCUT2D eigenvalue weighted by molar-refractivity contribution is 0.366. The van der Waals surface area contributed by atoms with Crippen molar-refractivity contribution >= 4 is 0 Å². The van der Waals surface area contributed by atoms with E-state index in [9.17, 15) is 0 Å². The number of nitrogens with zero attached hydrogens (tertiary/aromatic N) is 3. The monoisotopic (exact) mass is 262 g/mol. The first-order valence-electron chi connectivity index (χ1n) is 6.98. The highest BCUT2D eigenvalue weighted by atomic mass is 16.5. The molecule has 0 saturated heterocycles. The van der Waals surface area contributed by atoms with Crippen LogP contribution in [0.5, 0.6) is 0 Å². The van der Waals surface area contributed by atoms with Gasteiger partial charge in [0.15, 0.2) is 5.82 Å². The van der Waals surface area contributed by atoms with Gasteiger partial charge in [-0.1, -0.05) is 19.0 Å². The highest BCUT2D eigenvalue weighted by Gasteiger charge is 2.06. The number of rotatable bonds is 8. The van der Waals surface area contributed by atoms with Gasteiger partial charge in [0.25, 0.3) is 0 Å². The van der Waals surface area contributed by atoms with Gasteiger partial charge in [0.1, 0.15) is 6.54 Å². The maximum atomic E-state index is 5.23. The first kappa shape index (κ1) is 13.8. The minimum absolute atomic E-state index is 0.643. The number of nitrogens with one attached hydrogen (secondary N) is 1. The maximum absolute atomic E-state index is 5.23. The molecule has 5 nitrogen and oxygen atoms in total. The van der Waals surface area contributed by atoms with Crippen molar-refractivity contribution in [3.05, 3.63) is 35.7 Å². The van der Waals surface area contributed by atoms with Crippen molar-refractivity contribution in [1.82, 2.24) is 20.0 Å². The molecule has 0 saturated carbocycles. The van der Waals surface area contributed by atoms with E-state index in [0.717, 1.165) is 38.2 Å². The van der Waals surface area contributed by atoms with E-state index in [-0.39, 0.29) is 0 Å². The lowest BCUT2D eigenvalue weighted by Crippen LogP contribution is -2.13. The Morgan fingerprint density at radius 3 is 3.00 bits per heavy atom. The van der Waals surface area contributed by atoms with Crippen molar-refractivity contribution in [1.29, 1.82) is 0 Å². The van der Waals surface area contributed by atoms with Crippen LogP contribution in [-0.2, 0) is 19.5 Å². The van der Waals surface area contributed by atoms with Gasteiger partial charge < -0.3 is 14.4 Å². The summed E-state index contributed by atoms with van der Waals surface area (Å²) in [6.07, 6.45) is 7.24. The van der Waals surface area contributed by atoms with Crippen molar-refractivity contribution in [2.45, 2.75) is 46.2 Å². The average Bonchev–Trinajstić information content (AvgIpc) is 3.01. The van der Waals surface area contributed by atoms with Crippen LogP contribution in [0.4, 0.5) is 0 Å². The van der Waals surface area contributed by atoms with Crippen LogP contribution >= 0.6 is 0 Å². The SMILES string of the molecule is CCCNCc1ccn(Cc2nc(CCC)no2)c1. The van der Waals surface area contributed by atoms with Gasteiger partial charge in [-0.05, 0) is 31.0 Å². The number of aryl methyl sites for hydroxylation is 1. The highest BCUT2D eigenvalue weighted by Crippen LogP contribution is 2.06. The van der Waals surface area contributed by atoms with E-state index in [4.69, 9.17) is 4.52 Å². The first-order valence-corrected chi connectivity index (χ1v) is 6.98. The summed E-state index contributed by atoms with van der Waals surface area (Å²) in [4.78, 5) is 4.37. The van der Waals surface area contributed by atoms with Gasteiger partial charge in [-0.2, -0.15) is 4.98 Å². The maximum Gasteiger partial charge on any atom is 0.246 e. The number of hydrogen-bond donors (Lipinski definition) is 1. The Bertz CT molecular complexity index is 489. The molecule has 1 N–H and O–H groups in total. The van der Waals surface area contributed by atoms with Gasteiger partial charge >= 0.3 is 0 Å². The Labute approximate surface area is 114 Å². The Morgan fingerprint density at radius 2 is 2.21 bits per heavy atom. The molecule has 0 unspecified atom stereocenters. The molecular weight excluding hydrogens is 240 g/mol. The summed E-state index contributed by atoms with van der Waals surface area (Å²) in [5, 5.41) is 7.34. The fourth-order valence-corrected chi connectivity index (χ4v) is 1.94. The molecule has 0 aliphatic rings. The van der Waals surface area contributed by atoms with Crippen LogP contribution in [0.2, 0.25) is 0 Å². The van der Waals surface area contributed by atoms with Crippen molar-refractivity contribution in [3.63, 3.8) is 0 Å². The molecule has 0 atom stereocenters. The first-order chi connectivity index (χ1) is 9.31. The Balaban J connectivity index is 1.87. The zero-order valence-electron chi connectivity index (χ0n) is 11.7. The second kappa shape index (κ2) is 7.09. The van der Waals surface area contributed by atoms with Crippen LogP contribution in [0.3, 0.4) is 0 Å². The molecule has 104 valence electrons. The van der Waals surface area contributed by atoms with Crippen LogP contribution in [0, 0.1) is 0 Å². The zero-order chi connectivity index (χ0) is 13.5. The molecule has 0 aliphatic heterocycles. The van der Waals surface area contributed by atoms with Crippen molar-refractivity contribution in [3.8, 4) is 0 Å². The zero-order valence-corrected chi connectivity index (χ0v) is 11.7. The summed E-state index contributed by atoms with van der Waals surface area (Å²) in [5.41, 5.74) is 1.28. The Hall–Kier alpha value is -1.62. The molecule has 2 aromatic heterocycles. The molecule has 0 aliphatic carbocycles. The summed E-state index contributed by atoms with van der Waals surface area (Å²) in [7, 11) is 0. The number of hydrogen-bond acceptors (Lipinski definition) is 4. The fourth-order valence-electron chi connectivity index (χ4n) is 1.94. The van der Waals surface area contributed by atoms with E-state index in [1.165, 1.54) is 5.56 Å². The molecular formula is C14H22N4O. The molecule has 0 spiro atoms. The standard InChI is InChI=1S/C14H22N4O/c1-3-5-13-16-14(19-17-13)11-18-8-6-12(10-18)9-15-7-4-2/h6,8,10,15H,3-5,7,9,11H2,1-2H3. The minimum atomic E-state index is 0.643.